The maximum Gasteiger partial charge on any atom is 0.277 e. The van der Waals surface area contributed by atoms with Crippen LogP contribution in [-0.4, -0.2) is 37.2 Å². The zero-order chi connectivity index (χ0) is 23.5. The van der Waals surface area contributed by atoms with Crippen LogP contribution in [0.4, 0.5) is 5.69 Å². The first kappa shape index (κ1) is 25.4. The van der Waals surface area contributed by atoms with Crippen molar-refractivity contribution in [2.45, 2.75) is 40.7 Å². The zero-order valence-electron chi connectivity index (χ0n) is 19.1. The van der Waals surface area contributed by atoms with Crippen LogP contribution in [0.2, 0.25) is 0 Å². The van der Waals surface area contributed by atoms with Gasteiger partial charge in [0.15, 0.2) is 6.61 Å². The zero-order valence-corrected chi connectivity index (χ0v) is 20.7. The molecule has 0 aliphatic carbocycles. The molecule has 0 heterocycles. The number of nitrogens with zero attached hydrogens (tertiary/aromatic N) is 2. The molecule has 2 N–H and O–H groups in total. The van der Waals surface area contributed by atoms with E-state index in [0.29, 0.717) is 18.0 Å². The van der Waals surface area contributed by atoms with Crippen molar-refractivity contribution in [2.24, 2.45) is 5.10 Å². The number of anilines is 1. The Kier molecular flexibility index (Phi) is 10.2. The third-order valence-electron chi connectivity index (χ3n) is 4.79. The predicted molar refractivity (Wildman–Crippen MR) is 132 cm³/mol. The van der Waals surface area contributed by atoms with Gasteiger partial charge in [-0.1, -0.05) is 18.2 Å². The Morgan fingerprint density at radius 1 is 1.06 bits per heavy atom. The minimum absolute atomic E-state index is 0.0994. The van der Waals surface area contributed by atoms with Gasteiger partial charge in [0.1, 0.15) is 5.75 Å². The third kappa shape index (κ3) is 8.34. The fourth-order valence-corrected chi connectivity index (χ4v) is 3.61. The van der Waals surface area contributed by atoms with Crippen molar-refractivity contribution in [2.75, 3.05) is 24.6 Å². The van der Waals surface area contributed by atoms with E-state index in [-0.39, 0.29) is 18.9 Å². The summed E-state index contributed by atoms with van der Waals surface area (Å²) in [6.45, 7) is 10.1. The highest BCUT2D eigenvalue weighted by Gasteiger charge is 2.08. The second-order valence-corrected chi connectivity index (χ2v) is 8.25. The van der Waals surface area contributed by atoms with E-state index in [4.69, 9.17) is 4.74 Å². The molecule has 172 valence electrons. The van der Waals surface area contributed by atoms with Gasteiger partial charge in [0.05, 0.1) is 10.9 Å². The minimum atomic E-state index is -0.398. The summed E-state index contributed by atoms with van der Waals surface area (Å²) >= 11 is 3.40. The van der Waals surface area contributed by atoms with Crippen molar-refractivity contribution in [3.8, 4) is 5.75 Å². The smallest absolute Gasteiger partial charge is 0.277 e. The largest absolute Gasteiger partial charge is 0.483 e. The molecule has 0 atom stereocenters. The molecule has 0 saturated carbocycles. The van der Waals surface area contributed by atoms with Gasteiger partial charge < -0.3 is 15.0 Å². The van der Waals surface area contributed by atoms with Gasteiger partial charge in [-0.05, 0) is 79.0 Å². The summed E-state index contributed by atoms with van der Waals surface area (Å²) in [5, 5.41) is 6.85. The number of hydrogen-bond acceptors (Lipinski definition) is 5. The number of nitrogens with one attached hydrogen (secondary N) is 2. The van der Waals surface area contributed by atoms with Crippen molar-refractivity contribution in [1.29, 1.82) is 0 Å². The maximum absolute atomic E-state index is 12.2. The Balaban J connectivity index is 1.73. The average molecular weight is 503 g/mol. The molecule has 2 aromatic carbocycles. The molecular weight excluding hydrogens is 472 g/mol. The summed E-state index contributed by atoms with van der Waals surface area (Å²) in [5.74, 6) is 0.0228. The van der Waals surface area contributed by atoms with E-state index < -0.39 is 5.91 Å². The second kappa shape index (κ2) is 12.9. The molecule has 0 bridgehead atoms. The molecule has 0 aliphatic heterocycles. The lowest BCUT2D eigenvalue weighted by Crippen LogP contribution is -2.28. The van der Waals surface area contributed by atoms with Gasteiger partial charge in [-0.2, -0.15) is 5.10 Å². The van der Waals surface area contributed by atoms with Gasteiger partial charge in [-0.3, -0.25) is 9.59 Å². The molecule has 2 aromatic rings. The van der Waals surface area contributed by atoms with Gasteiger partial charge in [0.2, 0.25) is 5.91 Å². The molecule has 0 spiro atoms. The summed E-state index contributed by atoms with van der Waals surface area (Å²) in [4.78, 5) is 26.4. The first-order valence-electron chi connectivity index (χ1n) is 10.6. The lowest BCUT2D eigenvalue weighted by Gasteiger charge is -2.21. The number of rotatable bonds is 11. The first-order valence-corrected chi connectivity index (χ1v) is 11.4. The summed E-state index contributed by atoms with van der Waals surface area (Å²) in [6.07, 6.45) is 0.0994. The van der Waals surface area contributed by atoms with Crippen molar-refractivity contribution < 1.29 is 14.3 Å². The minimum Gasteiger partial charge on any atom is -0.483 e. The molecular formula is C24H31BrN4O3. The Bertz CT molecular complexity index is 941. The van der Waals surface area contributed by atoms with Crippen molar-refractivity contribution in [1.82, 2.24) is 10.7 Å². The van der Waals surface area contributed by atoms with Gasteiger partial charge in [0, 0.05) is 31.0 Å². The summed E-state index contributed by atoms with van der Waals surface area (Å²) in [7, 11) is 0. The number of benzene rings is 2. The van der Waals surface area contributed by atoms with E-state index >= 15 is 0 Å². The van der Waals surface area contributed by atoms with Crippen LogP contribution in [0.15, 0.2) is 52.0 Å². The highest BCUT2D eigenvalue weighted by atomic mass is 79.9. The lowest BCUT2D eigenvalue weighted by atomic mass is 10.2. The molecule has 2 rings (SSSR count). The normalized spacial score (nSPS) is 11.1. The van der Waals surface area contributed by atoms with Crippen LogP contribution in [0.25, 0.3) is 0 Å². The maximum atomic E-state index is 12.2. The molecule has 0 aliphatic rings. The molecule has 2 amide bonds. The number of aryl methyl sites for hydroxylation is 1. The second-order valence-electron chi connectivity index (χ2n) is 7.40. The third-order valence-corrected chi connectivity index (χ3v) is 5.41. The van der Waals surface area contributed by atoms with E-state index in [9.17, 15) is 9.59 Å². The summed E-state index contributed by atoms with van der Waals surface area (Å²) in [5.41, 5.74) is 6.20. The van der Waals surface area contributed by atoms with Crippen LogP contribution < -0.4 is 20.4 Å². The topological polar surface area (TPSA) is 83.0 Å². The van der Waals surface area contributed by atoms with Crippen molar-refractivity contribution in [3.63, 3.8) is 0 Å². The molecule has 32 heavy (non-hydrogen) atoms. The monoisotopic (exact) mass is 502 g/mol. The molecule has 0 unspecified atom stereocenters. The Morgan fingerprint density at radius 3 is 2.38 bits per heavy atom. The van der Waals surface area contributed by atoms with Crippen molar-refractivity contribution in [3.05, 3.63) is 58.1 Å². The highest BCUT2D eigenvalue weighted by Crippen LogP contribution is 2.25. The lowest BCUT2D eigenvalue weighted by molar-refractivity contribution is -0.123. The van der Waals surface area contributed by atoms with Crippen LogP contribution >= 0.6 is 15.9 Å². The van der Waals surface area contributed by atoms with E-state index in [1.54, 1.807) is 13.0 Å². The van der Waals surface area contributed by atoms with Crippen LogP contribution in [0.3, 0.4) is 0 Å². The fraction of sp³-hybridized carbons (Fsp3) is 0.375. The Morgan fingerprint density at radius 2 is 1.75 bits per heavy atom. The molecule has 0 fully saturated rings. The van der Waals surface area contributed by atoms with Crippen LogP contribution in [0.5, 0.6) is 5.75 Å². The van der Waals surface area contributed by atoms with Crippen LogP contribution in [0.1, 0.15) is 38.3 Å². The Labute approximate surface area is 198 Å². The molecule has 0 radical (unpaired) electrons. The Hall–Kier alpha value is -2.87. The number of halogens is 1. The predicted octanol–water partition coefficient (Wildman–Crippen LogP) is 4.18. The van der Waals surface area contributed by atoms with Gasteiger partial charge in [-0.25, -0.2) is 5.43 Å². The van der Waals surface area contributed by atoms with Crippen LogP contribution in [0, 0.1) is 6.92 Å². The summed E-state index contributed by atoms with van der Waals surface area (Å²) < 4.78 is 6.26. The van der Waals surface area contributed by atoms with E-state index in [1.165, 1.54) is 5.69 Å². The first-order chi connectivity index (χ1) is 15.3. The fourth-order valence-electron chi connectivity index (χ4n) is 3.00. The quantitative estimate of drug-likeness (QED) is 0.356. The van der Waals surface area contributed by atoms with Gasteiger partial charge in [0.25, 0.3) is 5.91 Å². The SMILES string of the molecule is CCN(CC)c1ccc(CNC(=O)C/C(C)=N\NC(=O)COc2ccc(C)cc2Br)cc1. The van der Waals surface area contributed by atoms with E-state index in [1.807, 2.05) is 31.2 Å². The average Bonchev–Trinajstić information content (AvgIpc) is 2.77. The molecule has 0 aromatic heterocycles. The number of hydrazone groups is 1. The number of hydrogen-bond donors (Lipinski definition) is 2. The summed E-state index contributed by atoms with van der Waals surface area (Å²) in [6, 6.07) is 13.8. The number of carbonyl (C=O) groups is 2. The van der Waals surface area contributed by atoms with E-state index in [0.717, 1.165) is 28.7 Å². The number of carbonyl (C=O) groups excluding carboxylic acids is 2. The number of amides is 2. The van der Waals surface area contributed by atoms with Gasteiger partial charge >= 0.3 is 0 Å². The van der Waals surface area contributed by atoms with Crippen LogP contribution in [-0.2, 0) is 16.1 Å². The standard InChI is InChI=1S/C24H31BrN4O3/c1-5-29(6-2)20-10-8-19(9-11-20)15-26-23(30)14-18(4)27-28-24(31)16-32-22-12-7-17(3)13-21(22)25/h7-13H,5-6,14-16H2,1-4H3,(H,26,30)(H,28,31)/b27-18-. The number of ether oxygens (including phenoxy) is 1. The van der Waals surface area contributed by atoms with Gasteiger partial charge in [-0.15, -0.1) is 0 Å². The molecule has 8 heteroatoms. The highest BCUT2D eigenvalue weighted by molar-refractivity contribution is 9.10. The molecule has 0 saturated heterocycles. The van der Waals surface area contributed by atoms with E-state index in [2.05, 4.69) is 62.7 Å². The molecule has 7 nitrogen and oxygen atoms in total. The van der Waals surface area contributed by atoms with Crippen molar-refractivity contribution >= 4 is 39.1 Å².